The first kappa shape index (κ1) is 14.9. The molecule has 0 bridgehead atoms. The Balaban J connectivity index is 2.31. The second kappa shape index (κ2) is 6.27. The number of anilines is 1. The molecule has 4 heteroatoms. The van der Waals surface area contributed by atoms with Crippen molar-refractivity contribution in [1.29, 1.82) is 0 Å². The van der Waals surface area contributed by atoms with Crippen molar-refractivity contribution in [2.24, 2.45) is 11.7 Å². The predicted molar refractivity (Wildman–Crippen MR) is 80.4 cm³/mol. The number of piperidine rings is 1. The molecule has 1 aliphatic heterocycles. The van der Waals surface area contributed by atoms with Gasteiger partial charge in [0.25, 0.3) is 0 Å². The van der Waals surface area contributed by atoms with Gasteiger partial charge in [0.1, 0.15) is 0 Å². The zero-order valence-electron chi connectivity index (χ0n) is 12.2. The molecule has 0 saturated carbocycles. The van der Waals surface area contributed by atoms with Gasteiger partial charge in [0, 0.05) is 23.8 Å². The van der Waals surface area contributed by atoms with E-state index in [4.69, 9.17) is 5.73 Å². The monoisotopic (exact) mass is 276 g/mol. The fraction of sp³-hybridized carbons (Fsp3) is 0.562. The largest absolute Gasteiger partial charge is 0.388 e. The number of aliphatic hydroxyl groups excluding tert-OH is 1. The van der Waals surface area contributed by atoms with E-state index in [9.17, 15) is 9.90 Å². The molecule has 1 aromatic rings. The van der Waals surface area contributed by atoms with E-state index in [1.165, 1.54) is 0 Å². The van der Waals surface area contributed by atoms with E-state index in [2.05, 4.69) is 11.8 Å². The van der Waals surface area contributed by atoms with Gasteiger partial charge < -0.3 is 15.7 Å². The van der Waals surface area contributed by atoms with Gasteiger partial charge in [0.15, 0.2) is 0 Å². The Morgan fingerprint density at radius 1 is 1.45 bits per heavy atom. The third-order valence-electron chi connectivity index (χ3n) is 4.28. The fourth-order valence-electron chi connectivity index (χ4n) is 2.93. The van der Waals surface area contributed by atoms with Crippen LogP contribution in [0.3, 0.4) is 0 Å². The van der Waals surface area contributed by atoms with E-state index in [0.29, 0.717) is 19.0 Å². The van der Waals surface area contributed by atoms with Gasteiger partial charge in [-0.2, -0.15) is 0 Å². The molecule has 1 aliphatic rings. The average Bonchev–Trinajstić information content (AvgIpc) is 2.46. The van der Waals surface area contributed by atoms with Gasteiger partial charge in [-0.15, -0.1) is 0 Å². The molecule has 1 heterocycles. The summed E-state index contributed by atoms with van der Waals surface area (Å²) in [5.41, 5.74) is 7.43. The highest BCUT2D eigenvalue weighted by molar-refractivity contribution is 5.78. The van der Waals surface area contributed by atoms with Crippen molar-refractivity contribution < 1.29 is 9.90 Å². The van der Waals surface area contributed by atoms with Crippen LogP contribution in [0.2, 0.25) is 0 Å². The van der Waals surface area contributed by atoms with E-state index < -0.39 is 6.10 Å². The SMILES string of the molecule is CCC(O)c1ccccc1N1CC(C(N)=O)CCC1C. The smallest absolute Gasteiger partial charge is 0.222 e. The van der Waals surface area contributed by atoms with E-state index in [1.54, 1.807) is 0 Å². The van der Waals surface area contributed by atoms with Crippen molar-refractivity contribution >= 4 is 11.6 Å². The molecule has 1 aromatic carbocycles. The number of hydrogen-bond donors (Lipinski definition) is 2. The summed E-state index contributed by atoms with van der Waals surface area (Å²) in [5, 5.41) is 10.2. The number of carbonyl (C=O) groups is 1. The standard InChI is InChI=1S/C16H24N2O2/c1-3-15(19)13-6-4-5-7-14(13)18-10-12(16(17)20)9-8-11(18)2/h4-7,11-12,15,19H,3,8-10H2,1-2H3,(H2,17,20). The van der Waals surface area contributed by atoms with Crippen molar-refractivity contribution in [3.63, 3.8) is 0 Å². The number of primary amides is 1. The van der Waals surface area contributed by atoms with E-state index in [-0.39, 0.29) is 11.8 Å². The number of amides is 1. The number of benzene rings is 1. The van der Waals surface area contributed by atoms with Crippen LogP contribution in [0.25, 0.3) is 0 Å². The Bertz CT molecular complexity index is 475. The summed E-state index contributed by atoms with van der Waals surface area (Å²) in [7, 11) is 0. The number of rotatable bonds is 4. The molecule has 3 unspecified atom stereocenters. The lowest BCUT2D eigenvalue weighted by molar-refractivity contribution is -0.122. The number of para-hydroxylation sites is 1. The zero-order chi connectivity index (χ0) is 14.7. The van der Waals surface area contributed by atoms with Crippen LogP contribution in [-0.4, -0.2) is 23.6 Å². The molecular weight excluding hydrogens is 252 g/mol. The van der Waals surface area contributed by atoms with E-state index >= 15 is 0 Å². The number of nitrogens with two attached hydrogens (primary N) is 1. The van der Waals surface area contributed by atoms with Gasteiger partial charge >= 0.3 is 0 Å². The van der Waals surface area contributed by atoms with Crippen LogP contribution in [-0.2, 0) is 4.79 Å². The molecule has 0 spiro atoms. The molecule has 0 aromatic heterocycles. The maximum atomic E-state index is 11.5. The molecule has 20 heavy (non-hydrogen) atoms. The summed E-state index contributed by atoms with van der Waals surface area (Å²) in [6, 6.07) is 8.26. The Labute approximate surface area is 120 Å². The summed E-state index contributed by atoms with van der Waals surface area (Å²) < 4.78 is 0. The lowest BCUT2D eigenvalue weighted by Gasteiger charge is -2.40. The zero-order valence-corrected chi connectivity index (χ0v) is 12.2. The van der Waals surface area contributed by atoms with Crippen LogP contribution in [0.1, 0.15) is 44.8 Å². The minimum atomic E-state index is -0.465. The average molecular weight is 276 g/mol. The third kappa shape index (κ3) is 2.96. The van der Waals surface area contributed by atoms with Crippen molar-refractivity contribution in [2.45, 2.75) is 45.3 Å². The summed E-state index contributed by atoms with van der Waals surface area (Å²) in [5.74, 6) is -0.326. The topological polar surface area (TPSA) is 66.6 Å². The van der Waals surface area contributed by atoms with Crippen molar-refractivity contribution in [3.05, 3.63) is 29.8 Å². The highest BCUT2D eigenvalue weighted by Crippen LogP contribution is 2.33. The highest BCUT2D eigenvalue weighted by atomic mass is 16.3. The van der Waals surface area contributed by atoms with Crippen LogP contribution >= 0.6 is 0 Å². The van der Waals surface area contributed by atoms with Crippen LogP contribution in [0, 0.1) is 5.92 Å². The molecule has 4 nitrogen and oxygen atoms in total. The van der Waals surface area contributed by atoms with Gasteiger partial charge in [0.05, 0.1) is 12.0 Å². The predicted octanol–water partition coefficient (Wildman–Crippen LogP) is 2.22. The van der Waals surface area contributed by atoms with Crippen molar-refractivity contribution in [1.82, 2.24) is 0 Å². The van der Waals surface area contributed by atoms with E-state index in [0.717, 1.165) is 24.1 Å². The summed E-state index contributed by atoms with van der Waals surface area (Å²) in [6.07, 6.45) is 2.01. The second-order valence-corrected chi connectivity index (χ2v) is 5.66. The molecule has 3 atom stereocenters. The van der Waals surface area contributed by atoms with Gasteiger partial charge in [-0.3, -0.25) is 4.79 Å². The minimum absolute atomic E-state index is 0.0991. The maximum Gasteiger partial charge on any atom is 0.222 e. The van der Waals surface area contributed by atoms with Gasteiger partial charge in [-0.05, 0) is 32.3 Å². The van der Waals surface area contributed by atoms with Crippen molar-refractivity contribution in [2.75, 3.05) is 11.4 Å². The molecule has 110 valence electrons. The van der Waals surface area contributed by atoms with E-state index in [1.807, 2.05) is 31.2 Å². The number of aliphatic hydroxyl groups is 1. The highest BCUT2D eigenvalue weighted by Gasteiger charge is 2.30. The fourth-order valence-corrected chi connectivity index (χ4v) is 2.93. The van der Waals surface area contributed by atoms with Crippen LogP contribution in [0.15, 0.2) is 24.3 Å². The first-order chi connectivity index (χ1) is 9.54. The summed E-state index contributed by atoms with van der Waals surface area (Å²) in [6.45, 7) is 4.77. The first-order valence-corrected chi connectivity index (χ1v) is 7.37. The second-order valence-electron chi connectivity index (χ2n) is 5.66. The number of carbonyl (C=O) groups excluding carboxylic acids is 1. The molecule has 0 aliphatic carbocycles. The summed E-state index contributed by atoms with van der Waals surface area (Å²) >= 11 is 0. The van der Waals surface area contributed by atoms with Crippen LogP contribution in [0.5, 0.6) is 0 Å². The summed E-state index contributed by atoms with van der Waals surface area (Å²) in [4.78, 5) is 13.7. The lowest BCUT2D eigenvalue weighted by atomic mass is 9.91. The lowest BCUT2D eigenvalue weighted by Crippen LogP contribution is -2.46. The molecule has 2 rings (SSSR count). The van der Waals surface area contributed by atoms with Gasteiger partial charge in [0.2, 0.25) is 5.91 Å². The Hall–Kier alpha value is -1.55. The molecule has 1 amide bonds. The van der Waals surface area contributed by atoms with Crippen LogP contribution < -0.4 is 10.6 Å². The number of nitrogens with zero attached hydrogens (tertiary/aromatic N) is 1. The Morgan fingerprint density at radius 2 is 2.15 bits per heavy atom. The van der Waals surface area contributed by atoms with Gasteiger partial charge in [-0.1, -0.05) is 25.1 Å². The third-order valence-corrected chi connectivity index (χ3v) is 4.28. The van der Waals surface area contributed by atoms with Crippen molar-refractivity contribution in [3.8, 4) is 0 Å². The Kier molecular flexibility index (Phi) is 4.65. The van der Waals surface area contributed by atoms with Crippen LogP contribution in [0.4, 0.5) is 5.69 Å². The van der Waals surface area contributed by atoms with Gasteiger partial charge in [-0.25, -0.2) is 0 Å². The molecule has 0 radical (unpaired) electrons. The first-order valence-electron chi connectivity index (χ1n) is 7.37. The quantitative estimate of drug-likeness (QED) is 0.886. The normalized spacial score (nSPS) is 24.4. The Morgan fingerprint density at radius 3 is 2.80 bits per heavy atom. The molecule has 3 N–H and O–H groups in total. The minimum Gasteiger partial charge on any atom is -0.388 e. The molecule has 1 saturated heterocycles. The number of hydrogen-bond acceptors (Lipinski definition) is 3. The molecular formula is C16H24N2O2. The maximum absolute atomic E-state index is 11.5. The molecule has 1 fully saturated rings.